The number of thioether (sulfide) groups is 1. The topological polar surface area (TPSA) is 50.1 Å². The average molecular weight is 478 g/mol. The van der Waals surface area contributed by atoms with Gasteiger partial charge >= 0.3 is 0 Å². The number of hydrogen-bond donors (Lipinski definition) is 0. The Morgan fingerprint density at radius 3 is 2.71 bits per heavy atom. The van der Waals surface area contributed by atoms with Crippen LogP contribution in [0.2, 0.25) is 0 Å². The van der Waals surface area contributed by atoms with Crippen molar-refractivity contribution in [3.63, 3.8) is 0 Å². The van der Waals surface area contributed by atoms with E-state index in [4.69, 9.17) is 4.74 Å². The molecule has 1 aliphatic rings. The zero-order chi connectivity index (χ0) is 25.1. The van der Waals surface area contributed by atoms with Crippen molar-refractivity contribution in [1.82, 2.24) is 0 Å². The van der Waals surface area contributed by atoms with Gasteiger partial charge < -0.3 is 4.74 Å². The lowest BCUT2D eigenvalue weighted by Gasteiger charge is -2.18. The maximum Gasteiger partial charge on any atom is 0.136 e. The third-order valence-electron chi connectivity index (χ3n) is 5.88. The summed E-state index contributed by atoms with van der Waals surface area (Å²) in [5.41, 5.74) is 3.04. The van der Waals surface area contributed by atoms with Crippen molar-refractivity contribution >= 4 is 22.5 Å². The standard InChI is InChI=1S/C30H39NO2S/c1-7-9-22(2)34-23(3)26-18-25(21-31)19-29(20-26)33-28-11-8-10-24(13-15-28)12-14-27(32)16-17-30(4,5)6/h7,9,12,18-20,28H,1,3,8,10-11,13-17H2,2,4-6H3/b22-9-,24-12+/t28-/m0/s1. The van der Waals surface area contributed by atoms with Crippen molar-refractivity contribution in [3.05, 3.63) is 71.2 Å². The third-order valence-corrected chi connectivity index (χ3v) is 6.82. The fraction of sp³-hybridized carbons (Fsp3) is 0.467. The number of carbonyl (C=O) groups is 1. The molecular weight excluding hydrogens is 438 g/mol. The monoisotopic (exact) mass is 477 g/mol. The Balaban J connectivity index is 1.99. The Kier molecular flexibility index (Phi) is 10.9. The molecule has 3 nitrogen and oxygen atoms in total. The van der Waals surface area contributed by atoms with Crippen LogP contribution in [0.3, 0.4) is 0 Å². The van der Waals surface area contributed by atoms with Gasteiger partial charge in [-0.3, -0.25) is 4.79 Å². The number of hydrogen-bond acceptors (Lipinski definition) is 4. The summed E-state index contributed by atoms with van der Waals surface area (Å²) in [7, 11) is 0. The average Bonchev–Trinajstić information content (AvgIpc) is 3.00. The lowest BCUT2D eigenvalue weighted by molar-refractivity contribution is -0.118. The van der Waals surface area contributed by atoms with Crippen LogP contribution < -0.4 is 4.74 Å². The SMILES string of the molecule is C=C/C=C(/C)SC(=C)c1cc(C#N)cc(O[C@H]2CCC/C(=C\CC(=O)CCC(C)(C)C)CC2)c1. The van der Waals surface area contributed by atoms with E-state index in [0.717, 1.165) is 59.6 Å². The smallest absolute Gasteiger partial charge is 0.136 e. The summed E-state index contributed by atoms with van der Waals surface area (Å²) in [5.74, 6) is 1.05. The first-order valence-corrected chi connectivity index (χ1v) is 13.0. The molecule has 0 saturated heterocycles. The van der Waals surface area contributed by atoms with E-state index >= 15 is 0 Å². The Hall–Kier alpha value is -2.51. The van der Waals surface area contributed by atoms with E-state index < -0.39 is 0 Å². The lowest BCUT2D eigenvalue weighted by Crippen LogP contribution is -2.15. The number of benzene rings is 1. The summed E-state index contributed by atoms with van der Waals surface area (Å²) in [6.07, 6.45) is 13.0. The molecule has 182 valence electrons. The molecule has 1 aromatic carbocycles. The number of ether oxygens (including phenoxy) is 1. The molecule has 1 saturated carbocycles. The molecule has 0 N–H and O–H groups in total. The highest BCUT2D eigenvalue weighted by molar-refractivity contribution is 8.11. The largest absolute Gasteiger partial charge is 0.490 e. The normalized spacial score (nSPS) is 18.1. The van der Waals surface area contributed by atoms with E-state index in [1.807, 2.05) is 31.2 Å². The van der Waals surface area contributed by atoms with Crippen molar-refractivity contribution < 1.29 is 9.53 Å². The van der Waals surface area contributed by atoms with Crippen LogP contribution in [0.5, 0.6) is 5.75 Å². The van der Waals surface area contributed by atoms with Crippen LogP contribution in [0, 0.1) is 16.7 Å². The highest BCUT2D eigenvalue weighted by atomic mass is 32.2. The maximum absolute atomic E-state index is 12.3. The highest BCUT2D eigenvalue weighted by Crippen LogP contribution is 2.35. The van der Waals surface area contributed by atoms with E-state index in [2.05, 4.69) is 46.1 Å². The Labute approximate surface area is 210 Å². The van der Waals surface area contributed by atoms with E-state index in [-0.39, 0.29) is 11.5 Å². The third kappa shape index (κ3) is 10.2. The predicted octanol–water partition coefficient (Wildman–Crippen LogP) is 8.78. The fourth-order valence-corrected chi connectivity index (χ4v) is 4.70. The van der Waals surface area contributed by atoms with Gasteiger partial charge in [0.15, 0.2) is 0 Å². The lowest BCUT2D eigenvalue weighted by atomic mass is 9.89. The zero-order valence-electron chi connectivity index (χ0n) is 21.3. The van der Waals surface area contributed by atoms with Crippen LogP contribution >= 0.6 is 11.8 Å². The van der Waals surface area contributed by atoms with Gasteiger partial charge in [0, 0.05) is 17.7 Å². The maximum atomic E-state index is 12.3. The van der Waals surface area contributed by atoms with E-state index in [9.17, 15) is 10.1 Å². The minimum Gasteiger partial charge on any atom is -0.490 e. The molecule has 1 aromatic rings. The molecule has 4 heteroatoms. The van der Waals surface area contributed by atoms with Gasteiger partial charge in [0.25, 0.3) is 0 Å². The number of nitriles is 1. The molecule has 0 aromatic heterocycles. The van der Waals surface area contributed by atoms with Gasteiger partial charge in [-0.05, 0) is 79.5 Å². The Morgan fingerprint density at radius 1 is 1.26 bits per heavy atom. The van der Waals surface area contributed by atoms with Crippen molar-refractivity contribution in [2.24, 2.45) is 5.41 Å². The molecule has 1 fully saturated rings. The first-order chi connectivity index (χ1) is 16.1. The summed E-state index contributed by atoms with van der Waals surface area (Å²) >= 11 is 1.56. The van der Waals surface area contributed by atoms with Gasteiger partial charge in [-0.2, -0.15) is 5.26 Å². The minimum atomic E-state index is 0.104. The number of carbonyl (C=O) groups excluding carboxylic acids is 1. The van der Waals surface area contributed by atoms with E-state index in [1.54, 1.807) is 17.8 Å². The number of ketones is 1. The van der Waals surface area contributed by atoms with Gasteiger partial charge in [-0.1, -0.05) is 69.5 Å². The summed E-state index contributed by atoms with van der Waals surface area (Å²) in [6, 6.07) is 7.89. The molecule has 34 heavy (non-hydrogen) atoms. The highest BCUT2D eigenvalue weighted by Gasteiger charge is 2.18. The first-order valence-electron chi connectivity index (χ1n) is 12.2. The fourth-order valence-electron chi connectivity index (χ4n) is 3.91. The molecule has 0 radical (unpaired) electrons. The molecule has 0 unspecified atom stereocenters. The predicted molar refractivity (Wildman–Crippen MR) is 146 cm³/mol. The molecule has 0 amide bonds. The second-order valence-electron chi connectivity index (χ2n) is 10.2. The molecule has 0 bridgehead atoms. The van der Waals surface area contributed by atoms with Crippen LogP contribution in [0.1, 0.15) is 90.2 Å². The molecule has 0 aliphatic heterocycles. The molecule has 1 aliphatic carbocycles. The number of allylic oxidation sites excluding steroid dienone is 5. The molecular formula is C30H39NO2S. The van der Waals surface area contributed by atoms with Crippen LogP contribution in [-0.2, 0) is 4.79 Å². The van der Waals surface area contributed by atoms with Gasteiger partial charge in [0.1, 0.15) is 11.5 Å². The Morgan fingerprint density at radius 2 is 2.03 bits per heavy atom. The van der Waals surface area contributed by atoms with E-state index in [0.29, 0.717) is 24.2 Å². The van der Waals surface area contributed by atoms with E-state index in [1.165, 1.54) is 5.57 Å². The molecule has 0 spiro atoms. The van der Waals surface area contributed by atoms with Gasteiger partial charge in [-0.15, -0.1) is 0 Å². The second kappa shape index (κ2) is 13.4. The van der Waals surface area contributed by atoms with Crippen molar-refractivity contribution in [3.8, 4) is 11.8 Å². The van der Waals surface area contributed by atoms with Crippen LogP contribution in [-0.4, -0.2) is 11.9 Å². The van der Waals surface area contributed by atoms with Crippen molar-refractivity contribution in [2.45, 2.75) is 85.2 Å². The number of rotatable bonds is 10. The number of Topliss-reactive ketones (excluding diaryl/α,β-unsaturated/α-hetero) is 1. The summed E-state index contributed by atoms with van der Waals surface area (Å²) in [6.45, 7) is 16.5. The second-order valence-corrected chi connectivity index (χ2v) is 11.6. The molecule has 0 heterocycles. The summed E-state index contributed by atoms with van der Waals surface area (Å²) in [4.78, 5) is 14.2. The summed E-state index contributed by atoms with van der Waals surface area (Å²) < 4.78 is 6.34. The van der Waals surface area contributed by atoms with Gasteiger partial charge in [0.2, 0.25) is 0 Å². The summed E-state index contributed by atoms with van der Waals surface area (Å²) in [5, 5.41) is 9.50. The minimum absolute atomic E-state index is 0.104. The zero-order valence-corrected chi connectivity index (χ0v) is 22.1. The van der Waals surface area contributed by atoms with Crippen LogP contribution in [0.25, 0.3) is 4.91 Å². The first kappa shape index (κ1) is 27.7. The van der Waals surface area contributed by atoms with Gasteiger partial charge in [0.05, 0.1) is 17.7 Å². The van der Waals surface area contributed by atoms with Crippen molar-refractivity contribution in [2.75, 3.05) is 0 Å². The molecule has 2 rings (SSSR count). The number of nitrogens with zero attached hydrogens (tertiary/aromatic N) is 1. The molecule has 1 atom stereocenters. The van der Waals surface area contributed by atoms with Gasteiger partial charge in [-0.25, -0.2) is 0 Å². The Bertz CT molecular complexity index is 988. The van der Waals surface area contributed by atoms with Crippen LogP contribution in [0.4, 0.5) is 0 Å². The van der Waals surface area contributed by atoms with Crippen molar-refractivity contribution in [1.29, 1.82) is 5.26 Å². The quantitative estimate of drug-likeness (QED) is 0.192. The van der Waals surface area contributed by atoms with Crippen LogP contribution in [0.15, 0.2) is 60.1 Å².